The number of Topliss-reactive ketones (excluding diaryl/α,β-unsaturated/α-hetero) is 1. The Balaban J connectivity index is 1.72. The molecule has 2 aliphatic heterocycles. The second kappa shape index (κ2) is 6.47. The highest BCUT2D eigenvalue weighted by atomic mass is 16.5. The van der Waals surface area contributed by atoms with Gasteiger partial charge < -0.3 is 20.5 Å². The Morgan fingerprint density at radius 2 is 1.97 bits per heavy atom. The zero-order valence-corrected chi connectivity index (χ0v) is 16.2. The zero-order valence-electron chi connectivity index (χ0n) is 16.2. The number of ketones is 1. The number of nitrogens with zero attached hydrogens (tertiary/aromatic N) is 2. The lowest BCUT2D eigenvalue weighted by Crippen LogP contribution is -2.57. The van der Waals surface area contributed by atoms with Crippen molar-refractivity contribution in [3.63, 3.8) is 0 Å². The minimum absolute atomic E-state index is 0.0715. The van der Waals surface area contributed by atoms with Crippen molar-refractivity contribution in [2.45, 2.75) is 32.4 Å². The number of amides is 2. The monoisotopic (exact) mass is 396 g/mol. The van der Waals surface area contributed by atoms with Crippen LogP contribution in [-0.2, 0) is 9.59 Å². The Bertz CT molecular complexity index is 1050. The number of nitrogens with two attached hydrogens (primary N) is 1. The van der Waals surface area contributed by atoms with Gasteiger partial charge in [0.1, 0.15) is 11.6 Å². The molecule has 0 spiro atoms. The Hall–Kier alpha value is -3.62. The van der Waals surface area contributed by atoms with Crippen LogP contribution in [0.5, 0.6) is 11.5 Å². The van der Waals surface area contributed by atoms with Gasteiger partial charge in [-0.2, -0.15) is 0 Å². The van der Waals surface area contributed by atoms with Crippen LogP contribution >= 0.6 is 0 Å². The normalized spacial score (nSPS) is 18.0. The molecule has 1 unspecified atom stereocenters. The lowest BCUT2D eigenvalue weighted by Gasteiger charge is -2.40. The number of carbonyl (C=O) groups excluding carboxylic acids is 3. The summed E-state index contributed by atoms with van der Waals surface area (Å²) < 4.78 is 11.1. The van der Waals surface area contributed by atoms with Gasteiger partial charge in [0.15, 0.2) is 29.6 Å². The Morgan fingerprint density at radius 1 is 1.24 bits per heavy atom. The number of pyridine rings is 1. The molecular formula is C20H20N4O5. The maximum Gasteiger partial charge on any atom is 0.272 e. The molecule has 0 radical (unpaired) electrons. The SMILES string of the molecule is CC(C(=O)c1ccc2c(c1)NC(=O)CO2)N1C(=O)C(C)(C)Oc2ccc(N)nc21. The third-order valence-electron chi connectivity index (χ3n) is 4.85. The van der Waals surface area contributed by atoms with E-state index in [2.05, 4.69) is 10.3 Å². The van der Waals surface area contributed by atoms with E-state index in [0.29, 0.717) is 22.7 Å². The van der Waals surface area contributed by atoms with Crippen molar-refractivity contribution in [3.8, 4) is 11.5 Å². The van der Waals surface area contributed by atoms with Crippen molar-refractivity contribution in [2.75, 3.05) is 22.6 Å². The average molecular weight is 396 g/mol. The number of hydrogen-bond acceptors (Lipinski definition) is 7. The molecule has 9 nitrogen and oxygen atoms in total. The number of hydrogen-bond donors (Lipinski definition) is 2. The van der Waals surface area contributed by atoms with E-state index in [1.54, 1.807) is 45.0 Å². The number of anilines is 3. The Kier molecular flexibility index (Phi) is 4.18. The van der Waals surface area contributed by atoms with Gasteiger partial charge in [0, 0.05) is 5.56 Å². The van der Waals surface area contributed by atoms with Crippen LogP contribution in [0.2, 0.25) is 0 Å². The van der Waals surface area contributed by atoms with Crippen molar-refractivity contribution in [1.82, 2.24) is 4.98 Å². The van der Waals surface area contributed by atoms with E-state index in [1.807, 2.05) is 0 Å². The number of nitrogens with one attached hydrogen (secondary N) is 1. The van der Waals surface area contributed by atoms with E-state index in [0.717, 1.165) is 0 Å². The second-order valence-electron chi connectivity index (χ2n) is 7.43. The number of benzene rings is 1. The molecule has 1 aromatic heterocycles. The zero-order chi connectivity index (χ0) is 20.9. The fourth-order valence-corrected chi connectivity index (χ4v) is 3.36. The van der Waals surface area contributed by atoms with Crippen LogP contribution in [0.15, 0.2) is 30.3 Å². The van der Waals surface area contributed by atoms with E-state index < -0.39 is 17.6 Å². The molecule has 2 aliphatic rings. The first-order valence-corrected chi connectivity index (χ1v) is 9.07. The number of carbonyl (C=O) groups is 3. The summed E-state index contributed by atoms with van der Waals surface area (Å²) >= 11 is 0. The number of fused-ring (bicyclic) bond motifs is 2. The van der Waals surface area contributed by atoms with Crippen LogP contribution < -0.4 is 25.4 Å². The second-order valence-corrected chi connectivity index (χ2v) is 7.43. The summed E-state index contributed by atoms with van der Waals surface area (Å²) in [5.74, 6) is 0.232. The number of rotatable bonds is 3. The van der Waals surface area contributed by atoms with E-state index in [4.69, 9.17) is 15.2 Å². The lowest BCUT2D eigenvalue weighted by atomic mass is 9.98. The first kappa shape index (κ1) is 18.7. The first-order valence-electron chi connectivity index (χ1n) is 9.07. The molecule has 4 rings (SSSR count). The van der Waals surface area contributed by atoms with E-state index in [1.165, 1.54) is 11.0 Å². The molecule has 0 aliphatic carbocycles. The predicted molar refractivity (Wildman–Crippen MR) is 105 cm³/mol. The molecule has 0 fully saturated rings. The fraction of sp³-hybridized carbons (Fsp3) is 0.300. The summed E-state index contributed by atoms with van der Waals surface area (Å²) in [6, 6.07) is 7.07. The van der Waals surface area contributed by atoms with Crippen molar-refractivity contribution in [2.24, 2.45) is 0 Å². The number of nitrogen functional groups attached to an aromatic ring is 1. The summed E-state index contributed by atoms with van der Waals surface area (Å²) in [6.07, 6.45) is 0. The third kappa shape index (κ3) is 3.14. The van der Waals surface area contributed by atoms with Crippen LogP contribution in [0.3, 0.4) is 0 Å². The first-order chi connectivity index (χ1) is 13.7. The standard InChI is InChI=1S/C20H20N4O5/c1-10(17(26)11-4-5-13-12(8-11)22-16(25)9-28-13)24-18-14(6-7-15(21)23-18)29-20(2,3)19(24)27/h4-8,10H,9H2,1-3H3,(H2,21,23)(H,22,25). The predicted octanol–water partition coefficient (Wildman–Crippen LogP) is 1.77. The molecule has 0 saturated carbocycles. The minimum atomic E-state index is -1.17. The summed E-state index contributed by atoms with van der Waals surface area (Å²) in [4.78, 5) is 43.4. The molecule has 2 aromatic rings. The fourth-order valence-electron chi connectivity index (χ4n) is 3.36. The quantitative estimate of drug-likeness (QED) is 0.758. The smallest absolute Gasteiger partial charge is 0.272 e. The maximum atomic E-state index is 13.2. The van der Waals surface area contributed by atoms with Gasteiger partial charge in [-0.05, 0) is 51.1 Å². The van der Waals surface area contributed by atoms with Gasteiger partial charge in [-0.15, -0.1) is 0 Å². The largest absolute Gasteiger partial charge is 0.482 e. The van der Waals surface area contributed by atoms with Crippen LogP contribution in [0.4, 0.5) is 17.3 Å². The van der Waals surface area contributed by atoms with Crippen molar-refractivity contribution in [3.05, 3.63) is 35.9 Å². The summed E-state index contributed by atoms with van der Waals surface area (Å²) in [6.45, 7) is 4.80. The van der Waals surface area contributed by atoms with Gasteiger partial charge in [0.05, 0.1) is 11.7 Å². The van der Waals surface area contributed by atoms with Crippen molar-refractivity contribution < 1.29 is 23.9 Å². The van der Waals surface area contributed by atoms with Crippen molar-refractivity contribution >= 4 is 34.9 Å². The molecule has 0 saturated heterocycles. The van der Waals surface area contributed by atoms with Gasteiger partial charge in [0.25, 0.3) is 11.8 Å². The highest BCUT2D eigenvalue weighted by molar-refractivity contribution is 6.11. The topological polar surface area (TPSA) is 124 Å². The van der Waals surface area contributed by atoms with Gasteiger partial charge in [-0.25, -0.2) is 4.98 Å². The van der Waals surface area contributed by atoms with Crippen molar-refractivity contribution in [1.29, 1.82) is 0 Å². The highest BCUT2D eigenvalue weighted by Crippen LogP contribution is 2.38. The van der Waals surface area contributed by atoms with Gasteiger partial charge >= 0.3 is 0 Å². The molecule has 3 N–H and O–H groups in total. The molecule has 0 bridgehead atoms. The Morgan fingerprint density at radius 3 is 2.72 bits per heavy atom. The average Bonchev–Trinajstić information content (AvgIpc) is 2.67. The molecule has 1 aromatic carbocycles. The van der Waals surface area contributed by atoms with Crippen LogP contribution in [0.1, 0.15) is 31.1 Å². The molecule has 9 heteroatoms. The molecule has 3 heterocycles. The molecule has 29 heavy (non-hydrogen) atoms. The minimum Gasteiger partial charge on any atom is -0.482 e. The molecular weight excluding hydrogens is 376 g/mol. The summed E-state index contributed by atoms with van der Waals surface area (Å²) in [5.41, 5.74) is 5.36. The summed E-state index contributed by atoms with van der Waals surface area (Å²) in [5, 5.41) is 2.67. The van der Waals surface area contributed by atoms with Gasteiger partial charge in [-0.3, -0.25) is 19.3 Å². The maximum absolute atomic E-state index is 13.2. The van der Waals surface area contributed by atoms with Gasteiger partial charge in [-0.1, -0.05) is 0 Å². The van der Waals surface area contributed by atoms with Crippen LogP contribution in [-0.4, -0.2) is 40.8 Å². The third-order valence-corrected chi connectivity index (χ3v) is 4.85. The van der Waals surface area contributed by atoms with E-state index in [-0.39, 0.29) is 29.9 Å². The van der Waals surface area contributed by atoms with Crippen LogP contribution in [0, 0.1) is 0 Å². The highest BCUT2D eigenvalue weighted by Gasteiger charge is 2.45. The molecule has 2 amide bonds. The van der Waals surface area contributed by atoms with E-state index >= 15 is 0 Å². The van der Waals surface area contributed by atoms with Crippen LogP contribution in [0.25, 0.3) is 0 Å². The van der Waals surface area contributed by atoms with E-state index in [9.17, 15) is 14.4 Å². The number of ether oxygens (including phenoxy) is 2. The summed E-state index contributed by atoms with van der Waals surface area (Å²) in [7, 11) is 0. The molecule has 1 atom stereocenters. The number of aromatic nitrogens is 1. The van der Waals surface area contributed by atoms with Gasteiger partial charge in [0.2, 0.25) is 0 Å². The molecule has 150 valence electrons. The Labute approximate surface area is 166 Å². The lowest BCUT2D eigenvalue weighted by molar-refractivity contribution is -0.133.